The van der Waals surface area contributed by atoms with Gasteiger partial charge in [-0.25, -0.2) is 0 Å². The highest BCUT2D eigenvalue weighted by molar-refractivity contribution is 5.76. The molecule has 1 fully saturated rings. The van der Waals surface area contributed by atoms with Gasteiger partial charge >= 0.3 is 0 Å². The fourth-order valence-corrected chi connectivity index (χ4v) is 2.65. The summed E-state index contributed by atoms with van der Waals surface area (Å²) in [7, 11) is 0. The molecule has 2 N–H and O–H groups in total. The van der Waals surface area contributed by atoms with Crippen LogP contribution < -0.4 is 10.6 Å². The molecule has 3 heteroatoms. The molecule has 0 aliphatic carbocycles. The minimum atomic E-state index is 0.182. The lowest BCUT2D eigenvalue weighted by Crippen LogP contribution is -2.48. The summed E-state index contributed by atoms with van der Waals surface area (Å²) in [6.07, 6.45) is 2.45. The minimum absolute atomic E-state index is 0.182. The summed E-state index contributed by atoms with van der Waals surface area (Å²) in [5, 5.41) is 6.53. The van der Waals surface area contributed by atoms with Gasteiger partial charge in [0, 0.05) is 12.5 Å². The molecule has 0 spiro atoms. The average Bonchev–Trinajstić information content (AvgIpc) is 2.40. The summed E-state index contributed by atoms with van der Waals surface area (Å²) in [6.45, 7) is 6.30. The van der Waals surface area contributed by atoms with E-state index in [4.69, 9.17) is 0 Å². The third-order valence-electron chi connectivity index (χ3n) is 4.01. The van der Waals surface area contributed by atoms with E-state index in [1.165, 1.54) is 11.1 Å². The van der Waals surface area contributed by atoms with E-state index in [0.717, 1.165) is 25.9 Å². The molecule has 1 saturated heterocycles. The first-order chi connectivity index (χ1) is 9.16. The average molecular weight is 260 g/mol. The van der Waals surface area contributed by atoms with Crippen LogP contribution in [-0.2, 0) is 11.2 Å². The second-order valence-corrected chi connectivity index (χ2v) is 5.57. The number of aryl methyl sites for hydroxylation is 2. The Kier molecular flexibility index (Phi) is 4.97. The maximum absolute atomic E-state index is 12.0. The van der Waals surface area contributed by atoms with Crippen LogP contribution in [0.1, 0.15) is 30.9 Å². The maximum atomic E-state index is 12.0. The molecule has 1 amide bonds. The van der Waals surface area contributed by atoms with Crippen LogP contribution in [0.4, 0.5) is 0 Å². The van der Waals surface area contributed by atoms with Crippen LogP contribution in [0.25, 0.3) is 0 Å². The van der Waals surface area contributed by atoms with Crippen molar-refractivity contribution in [3.8, 4) is 0 Å². The van der Waals surface area contributed by atoms with E-state index < -0.39 is 0 Å². The lowest BCUT2D eigenvalue weighted by atomic mass is 9.95. The normalized spacial score (nSPS) is 23.1. The maximum Gasteiger partial charge on any atom is 0.220 e. The highest BCUT2D eigenvalue weighted by Crippen LogP contribution is 2.12. The zero-order chi connectivity index (χ0) is 13.7. The zero-order valence-corrected chi connectivity index (χ0v) is 11.9. The van der Waals surface area contributed by atoms with E-state index in [2.05, 4.69) is 36.6 Å². The first kappa shape index (κ1) is 14.1. The van der Waals surface area contributed by atoms with Crippen molar-refractivity contribution in [3.05, 3.63) is 35.4 Å². The molecule has 104 valence electrons. The van der Waals surface area contributed by atoms with Crippen LogP contribution in [0.15, 0.2) is 24.3 Å². The molecule has 1 heterocycles. The lowest BCUT2D eigenvalue weighted by molar-refractivity contribution is -0.122. The van der Waals surface area contributed by atoms with Crippen molar-refractivity contribution in [2.24, 2.45) is 5.92 Å². The van der Waals surface area contributed by atoms with Gasteiger partial charge < -0.3 is 10.6 Å². The Balaban J connectivity index is 1.80. The van der Waals surface area contributed by atoms with Crippen molar-refractivity contribution < 1.29 is 4.79 Å². The molecule has 0 bridgehead atoms. The molecular formula is C16H24N2O. The summed E-state index contributed by atoms with van der Waals surface area (Å²) in [6, 6.07) is 8.62. The van der Waals surface area contributed by atoms with Crippen LogP contribution >= 0.6 is 0 Å². The Morgan fingerprint density at radius 1 is 1.42 bits per heavy atom. The molecule has 2 rings (SSSR count). The van der Waals surface area contributed by atoms with Gasteiger partial charge in [-0.05, 0) is 49.9 Å². The highest BCUT2D eigenvalue weighted by Gasteiger charge is 2.22. The number of nitrogens with one attached hydrogen (secondary N) is 2. The van der Waals surface area contributed by atoms with Gasteiger partial charge in [-0.2, -0.15) is 0 Å². The molecule has 0 saturated carbocycles. The largest absolute Gasteiger partial charge is 0.353 e. The number of hydrogen-bond acceptors (Lipinski definition) is 2. The van der Waals surface area contributed by atoms with Crippen LogP contribution in [-0.4, -0.2) is 25.0 Å². The van der Waals surface area contributed by atoms with Gasteiger partial charge in [0.05, 0.1) is 0 Å². The number of benzene rings is 1. The fourth-order valence-electron chi connectivity index (χ4n) is 2.65. The molecule has 1 aromatic carbocycles. The molecule has 0 unspecified atom stereocenters. The van der Waals surface area contributed by atoms with Crippen molar-refractivity contribution in [3.63, 3.8) is 0 Å². The van der Waals surface area contributed by atoms with Gasteiger partial charge in [0.15, 0.2) is 0 Å². The summed E-state index contributed by atoms with van der Waals surface area (Å²) >= 11 is 0. The number of amides is 1. The van der Waals surface area contributed by atoms with E-state index in [1.807, 2.05) is 12.1 Å². The van der Waals surface area contributed by atoms with E-state index >= 15 is 0 Å². The van der Waals surface area contributed by atoms with Crippen LogP contribution in [0.5, 0.6) is 0 Å². The van der Waals surface area contributed by atoms with Crippen molar-refractivity contribution >= 4 is 5.91 Å². The van der Waals surface area contributed by atoms with Crippen LogP contribution in [0, 0.1) is 12.8 Å². The Bertz CT molecular complexity index is 431. The standard InChI is InChI=1S/C16H24N2O/c1-12-5-3-4-6-14(12)7-8-16(19)18-15-9-10-17-11-13(15)2/h3-6,13,15,17H,7-11H2,1-2H3,(H,18,19)/t13-,15-/m0/s1. The Morgan fingerprint density at radius 3 is 2.95 bits per heavy atom. The quantitative estimate of drug-likeness (QED) is 0.870. The number of carbonyl (C=O) groups is 1. The number of carbonyl (C=O) groups excluding carboxylic acids is 1. The second-order valence-electron chi connectivity index (χ2n) is 5.57. The molecule has 1 aromatic rings. The highest BCUT2D eigenvalue weighted by atomic mass is 16.1. The molecule has 19 heavy (non-hydrogen) atoms. The van der Waals surface area contributed by atoms with Gasteiger partial charge in [0.25, 0.3) is 0 Å². The van der Waals surface area contributed by atoms with Crippen LogP contribution in [0.3, 0.4) is 0 Å². The summed E-state index contributed by atoms with van der Waals surface area (Å²) in [5.41, 5.74) is 2.54. The van der Waals surface area contributed by atoms with Gasteiger partial charge in [-0.3, -0.25) is 4.79 Å². The first-order valence-electron chi connectivity index (χ1n) is 7.21. The van der Waals surface area contributed by atoms with Gasteiger partial charge in [-0.1, -0.05) is 31.2 Å². The fraction of sp³-hybridized carbons (Fsp3) is 0.562. The molecule has 1 aliphatic rings. The predicted molar refractivity (Wildman–Crippen MR) is 78.1 cm³/mol. The monoisotopic (exact) mass is 260 g/mol. The van der Waals surface area contributed by atoms with E-state index in [9.17, 15) is 4.79 Å². The Hall–Kier alpha value is -1.35. The summed E-state index contributed by atoms with van der Waals surface area (Å²) in [5.74, 6) is 0.707. The molecule has 0 radical (unpaired) electrons. The lowest BCUT2D eigenvalue weighted by Gasteiger charge is -2.30. The van der Waals surface area contributed by atoms with E-state index in [-0.39, 0.29) is 5.91 Å². The van der Waals surface area contributed by atoms with Crippen molar-refractivity contribution in [1.82, 2.24) is 10.6 Å². The van der Waals surface area contributed by atoms with E-state index in [0.29, 0.717) is 18.4 Å². The van der Waals surface area contributed by atoms with Crippen LogP contribution in [0.2, 0.25) is 0 Å². The Morgan fingerprint density at radius 2 is 2.21 bits per heavy atom. The first-order valence-corrected chi connectivity index (χ1v) is 7.21. The predicted octanol–water partition coefficient (Wildman–Crippen LogP) is 2.04. The molecule has 0 aromatic heterocycles. The Labute approximate surface area is 115 Å². The third-order valence-corrected chi connectivity index (χ3v) is 4.01. The number of rotatable bonds is 4. The SMILES string of the molecule is Cc1ccccc1CCC(=O)N[C@H]1CCNC[C@@H]1C. The third kappa shape index (κ3) is 4.06. The van der Waals surface area contributed by atoms with Crippen molar-refractivity contribution in [2.45, 2.75) is 39.2 Å². The van der Waals surface area contributed by atoms with Gasteiger partial charge in [0.1, 0.15) is 0 Å². The zero-order valence-electron chi connectivity index (χ0n) is 11.9. The second kappa shape index (κ2) is 6.71. The topological polar surface area (TPSA) is 41.1 Å². The van der Waals surface area contributed by atoms with Gasteiger partial charge in [0.2, 0.25) is 5.91 Å². The van der Waals surface area contributed by atoms with Crippen molar-refractivity contribution in [1.29, 1.82) is 0 Å². The van der Waals surface area contributed by atoms with Crippen molar-refractivity contribution in [2.75, 3.05) is 13.1 Å². The molecular weight excluding hydrogens is 236 g/mol. The number of hydrogen-bond donors (Lipinski definition) is 2. The molecule has 3 nitrogen and oxygen atoms in total. The molecule has 1 aliphatic heterocycles. The van der Waals surface area contributed by atoms with E-state index in [1.54, 1.807) is 0 Å². The smallest absolute Gasteiger partial charge is 0.220 e. The molecule has 2 atom stereocenters. The minimum Gasteiger partial charge on any atom is -0.353 e. The summed E-state index contributed by atoms with van der Waals surface area (Å²) < 4.78 is 0. The summed E-state index contributed by atoms with van der Waals surface area (Å²) in [4.78, 5) is 12.0. The van der Waals surface area contributed by atoms with Gasteiger partial charge in [-0.15, -0.1) is 0 Å². The number of piperidine rings is 1.